The van der Waals surface area contributed by atoms with Gasteiger partial charge >= 0.3 is 5.97 Å². The van der Waals surface area contributed by atoms with E-state index in [4.69, 9.17) is 37.4 Å². The molecule has 0 radical (unpaired) electrons. The highest BCUT2D eigenvalue weighted by Crippen LogP contribution is 2.38. The zero-order valence-corrected chi connectivity index (χ0v) is 19.8. The minimum atomic E-state index is -0.452. The van der Waals surface area contributed by atoms with Crippen molar-refractivity contribution in [2.75, 3.05) is 18.5 Å². The lowest BCUT2D eigenvalue weighted by Crippen LogP contribution is -2.06. The van der Waals surface area contributed by atoms with Crippen LogP contribution in [0.2, 0.25) is 10.0 Å². The van der Waals surface area contributed by atoms with Gasteiger partial charge in [-0.15, -0.1) is 0 Å². The Morgan fingerprint density at radius 3 is 2.39 bits per heavy atom. The topological polar surface area (TPSA) is 56.8 Å². The maximum absolute atomic E-state index is 14.1. The van der Waals surface area contributed by atoms with Crippen LogP contribution in [0.4, 0.5) is 10.1 Å². The molecule has 3 rings (SSSR count). The van der Waals surface area contributed by atoms with Gasteiger partial charge in [0.1, 0.15) is 12.4 Å². The summed E-state index contributed by atoms with van der Waals surface area (Å²) in [6, 6.07) is 15.0. The molecule has 0 bridgehead atoms. The number of anilines is 1. The number of hydrogen-bond acceptors (Lipinski definition) is 5. The fourth-order valence-electron chi connectivity index (χ4n) is 3.08. The van der Waals surface area contributed by atoms with Crippen LogP contribution < -0.4 is 14.8 Å². The normalized spacial score (nSPS) is 10.6. The number of hydrogen-bond donors (Lipinski definition) is 1. The van der Waals surface area contributed by atoms with Gasteiger partial charge in [-0.3, -0.25) is 0 Å². The molecule has 0 aliphatic rings. The lowest BCUT2D eigenvalue weighted by atomic mass is 10.1. The van der Waals surface area contributed by atoms with Gasteiger partial charge in [-0.05, 0) is 67.9 Å². The Labute approximate surface area is 202 Å². The molecule has 174 valence electrons. The molecule has 0 fully saturated rings. The van der Waals surface area contributed by atoms with Crippen LogP contribution in [-0.2, 0) is 17.9 Å². The molecule has 0 amide bonds. The van der Waals surface area contributed by atoms with Crippen LogP contribution in [0, 0.1) is 5.82 Å². The van der Waals surface area contributed by atoms with Crippen LogP contribution in [-0.4, -0.2) is 19.2 Å². The van der Waals surface area contributed by atoms with Crippen molar-refractivity contribution in [3.05, 3.63) is 87.2 Å². The Morgan fingerprint density at radius 2 is 1.73 bits per heavy atom. The van der Waals surface area contributed by atoms with E-state index in [0.717, 1.165) is 11.3 Å². The van der Waals surface area contributed by atoms with Crippen LogP contribution in [0.1, 0.15) is 35.3 Å². The number of benzene rings is 3. The van der Waals surface area contributed by atoms with E-state index >= 15 is 0 Å². The molecule has 3 aromatic rings. The second kappa shape index (κ2) is 11.8. The Bertz CT molecular complexity index is 1090. The molecule has 0 aliphatic carbocycles. The zero-order valence-electron chi connectivity index (χ0n) is 18.3. The van der Waals surface area contributed by atoms with Crippen molar-refractivity contribution in [2.24, 2.45) is 0 Å². The van der Waals surface area contributed by atoms with Gasteiger partial charge in [-0.1, -0.05) is 29.3 Å². The van der Waals surface area contributed by atoms with E-state index in [0.29, 0.717) is 41.8 Å². The number of esters is 1. The Hall–Kier alpha value is -2.96. The van der Waals surface area contributed by atoms with E-state index in [9.17, 15) is 9.18 Å². The quantitative estimate of drug-likeness (QED) is 0.312. The van der Waals surface area contributed by atoms with E-state index in [1.807, 2.05) is 13.0 Å². The fourth-order valence-corrected chi connectivity index (χ4v) is 3.59. The zero-order chi connectivity index (χ0) is 23.8. The number of carbonyl (C=O) groups excluding carboxylic acids is 1. The summed E-state index contributed by atoms with van der Waals surface area (Å²) in [5.74, 6) is -0.0388. The smallest absolute Gasteiger partial charge is 0.338 e. The third-order valence-corrected chi connectivity index (χ3v) is 5.32. The fraction of sp³-hybridized carbons (Fsp3) is 0.240. The summed E-state index contributed by atoms with van der Waals surface area (Å²) in [6.45, 7) is 4.71. The number of ether oxygens (including phenoxy) is 3. The summed E-state index contributed by atoms with van der Waals surface area (Å²) in [7, 11) is 0. The maximum Gasteiger partial charge on any atom is 0.338 e. The third kappa shape index (κ3) is 6.53. The predicted octanol–water partition coefficient (Wildman–Crippen LogP) is 6.90. The van der Waals surface area contributed by atoms with Crippen LogP contribution in [0.5, 0.6) is 11.5 Å². The molecule has 0 heterocycles. The highest BCUT2D eigenvalue weighted by molar-refractivity contribution is 6.32. The van der Waals surface area contributed by atoms with E-state index < -0.39 is 5.82 Å². The standard InChI is InChI=1S/C25H24Cl2FNO4/c1-3-31-23-13-16(14-29-18-10-8-17(9-11-18)25(30)32-4-2)12-21(27)24(23)33-15-19-20(26)6-5-7-22(19)28/h5-13,29H,3-4,14-15H2,1-2H3. The molecule has 0 spiro atoms. The van der Waals surface area contributed by atoms with Crippen LogP contribution in [0.25, 0.3) is 0 Å². The van der Waals surface area contributed by atoms with Crippen molar-refractivity contribution >= 4 is 34.9 Å². The summed E-state index contributed by atoms with van der Waals surface area (Å²) in [4.78, 5) is 11.8. The monoisotopic (exact) mass is 491 g/mol. The summed E-state index contributed by atoms with van der Waals surface area (Å²) in [5.41, 5.74) is 2.41. The van der Waals surface area contributed by atoms with Crippen LogP contribution in [0.3, 0.4) is 0 Å². The summed E-state index contributed by atoms with van der Waals surface area (Å²) in [5, 5.41) is 3.89. The number of nitrogens with one attached hydrogen (secondary N) is 1. The van der Waals surface area contributed by atoms with Crippen molar-refractivity contribution in [1.29, 1.82) is 0 Å². The summed E-state index contributed by atoms with van der Waals surface area (Å²) in [6.07, 6.45) is 0. The average molecular weight is 492 g/mol. The van der Waals surface area contributed by atoms with E-state index in [1.165, 1.54) is 12.1 Å². The first-order valence-electron chi connectivity index (χ1n) is 10.4. The molecule has 3 aromatic carbocycles. The number of carbonyl (C=O) groups is 1. The number of rotatable bonds is 10. The Morgan fingerprint density at radius 1 is 0.970 bits per heavy atom. The molecule has 0 atom stereocenters. The lowest BCUT2D eigenvalue weighted by molar-refractivity contribution is 0.0526. The van der Waals surface area contributed by atoms with Gasteiger partial charge in [0.2, 0.25) is 0 Å². The largest absolute Gasteiger partial charge is 0.490 e. The first-order valence-corrected chi connectivity index (χ1v) is 11.2. The molecule has 8 heteroatoms. The summed E-state index contributed by atoms with van der Waals surface area (Å²) < 4.78 is 30.6. The molecule has 0 aromatic heterocycles. The molecular formula is C25H24Cl2FNO4. The number of halogens is 3. The van der Waals surface area contributed by atoms with E-state index in [2.05, 4.69) is 5.32 Å². The lowest BCUT2D eigenvalue weighted by Gasteiger charge is -2.16. The molecule has 0 aliphatic heterocycles. The molecule has 0 unspecified atom stereocenters. The second-order valence-corrected chi connectivity index (χ2v) is 7.79. The molecule has 33 heavy (non-hydrogen) atoms. The highest BCUT2D eigenvalue weighted by Gasteiger charge is 2.15. The second-order valence-electron chi connectivity index (χ2n) is 6.98. The third-order valence-electron chi connectivity index (χ3n) is 4.68. The van der Waals surface area contributed by atoms with Gasteiger partial charge in [0.15, 0.2) is 11.5 Å². The predicted molar refractivity (Wildman–Crippen MR) is 128 cm³/mol. The van der Waals surface area contributed by atoms with Crippen molar-refractivity contribution in [1.82, 2.24) is 0 Å². The van der Waals surface area contributed by atoms with Crippen molar-refractivity contribution in [3.63, 3.8) is 0 Å². The summed E-state index contributed by atoms with van der Waals surface area (Å²) >= 11 is 12.6. The van der Waals surface area contributed by atoms with Crippen molar-refractivity contribution < 1.29 is 23.4 Å². The molecule has 0 saturated heterocycles. The molecule has 1 N–H and O–H groups in total. The first kappa shape index (κ1) is 24.7. The molecule has 5 nitrogen and oxygen atoms in total. The van der Waals surface area contributed by atoms with E-state index in [1.54, 1.807) is 43.3 Å². The van der Waals surface area contributed by atoms with Gasteiger partial charge in [0.25, 0.3) is 0 Å². The van der Waals surface area contributed by atoms with E-state index in [-0.39, 0.29) is 23.2 Å². The van der Waals surface area contributed by atoms with Crippen molar-refractivity contribution in [2.45, 2.75) is 27.0 Å². The minimum absolute atomic E-state index is 0.0876. The average Bonchev–Trinajstić information content (AvgIpc) is 2.79. The first-order chi connectivity index (χ1) is 15.9. The SMILES string of the molecule is CCOC(=O)c1ccc(NCc2cc(Cl)c(OCc3c(F)cccc3Cl)c(OCC)c2)cc1. The van der Waals surface area contributed by atoms with Gasteiger partial charge in [-0.25, -0.2) is 9.18 Å². The van der Waals surface area contributed by atoms with Crippen molar-refractivity contribution in [3.8, 4) is 11.5 Å². The molecule has 0 saturated carbocycles. The Balaban J connectivity index is 1.72. The van der Waals surface area contributed by atoms with Gasteiger partial charge in [0.05, 0.1) is 28.8 Å². The van der Waals surface area contributed by atoms with Gasteiger partial charge in [-0.2, -0.15) is 0 Å². The van der Waals surface area contributed by atoms with Gasteiger partial charge in [0, 0.05) is 17.8 Å². The molecular weight excluding hydrogens is 468 g/mol. The Kier molecular flexibility index (Phi) is 8.80. The maximum atomic E-state index is 14.1. The van der Waals surface area contributed by atoms with Gasteiger partial charge < -0.3 is 19.5 Å². The highest BCUT2D eigenvalue weighted by atomic mass is 35.5. The minimum Gasteiger partial charge on any atom is -0.490 e. The van der Waals surface area contributed by atoms with Crippen LogP contribution in [0.15, 0.2) is 54.6 Å². The van der Waals surface area contributed by atoms with Crippen LogP contribution >= 0.6 is 23.2 Å².